The van der Waals surface area contributed by atoms with Crippen molar-refractivity contribution in [3.63, 3.8) is 0 Å². The topological polar surface area (TPSA) is 15.3 Å². The van der Waals surface area contributed by atoms with Gasteiger partial charge >= 0.3 is 0 Å². The maximum atomic E-state index is 3.77. The normalized spacial score (nSPS) is 9.92. The Kier molecular flexibility index (Phi) is 6.48. The molecule has 0 aliphatic carbocycles. The zero-order valence-corrected chi connectivity index (χ0v) is 8.27. The second-order valence-corrected chi connectivity index (χ2v) is 2.68. The highest BCUT2D eigenvalue weighted by Crippen LogP contribution is 1.87. The number of nitrogens with zero attached hydrogens (tertiary/aromatic N) is 1. The van der Waals surface area contributed by atoms with Crippen molar-refractivity contribution in [2.45, 2.75) is 13.8 Å². The zero-order chi connectivity index (χ0) is 9.40. The van der Waals surface area contributed by atoms with E-state index in [-0.39, 0.29) is 0 Å². The van der Waals surface area contributed by atoms with Crippen molar-refractivity contribution >= 4 is 0 Å². The molecule has 1 N–H and O–H groups in total. The quantitative estimate of drug-likeness (QED) is 0.581. The molecule has 2 heteroatoms. The summed E-state index contributed by atoms with van der Waals surface area (Å²) in [5.74, 6) is 0. The fourth-order valence-corrected chi connectivity index (χ4v) is 0.987. The Hall–Kier alpha value is -0.760. The fraction of sp³-hybridized carbons (Fsp3) is 0.600. The van der Waals surface area contributed by atoms with Gasteiger partial charge in [0, 0.05) is 18.8 Å². The van der Waals surface area contributed by atoms with Crippen LogP contribution in [-0.2, 0) is 0 Å². The van der Waals surface area contributed by atoms with E-state index < -0.39 is 0 Å². The van der Waals surface area contributed by atoms with Crippen LogP contribution in [0.1, 0.15) is 13.8 Å². The van der Waals surface area contributed by atoms with Crippen LogP contribution in [0.15, 0.2) is 24.9 Å². The van der Waals surface area contributed by atoms with Crippen molar-refractivity contribution in [3.8, 4) is 0 Å². The molecule has 0 atom stereocenters. The molecule has 0 radical (unpaired) electrons. The first-order chi connectivity index (χ1) is 5.74. The molecule has 0 aliphatic heterocycles. The molecule has 12 heavy (non-hydrogen) atoms. The maximum Gasteiger partial charge on any atom is 0.0274 e. The Balaban J connectivity index is 3.40. The molecule has 0 unspecified atom stereocenters. The molecular weight excluding hydrogens is 148 g/mol. The lowest BCUT2D eigenvalue weighted by Gasteiger charge is -2.18. The number of likely N-dealkylation sites (N-methyl/N-ethyl adjacent to an activating group) is 1. The van der Waals surface area contributed by atoms with Gasteiger partial charge in [0.2, 0.25) is 0 Å². The zero-order valence-electron chi connectivity index (χ0n) is 8.27. The van der Waals surface area contributed by atoms with Gasteiger partial charge in [0.15, 0.2) is 0 Å². The van der Waals surface area contributed by atoms with Crippen molar-refractivity contribution < 1.29 is 0 Å². The molecule has 0 saturated heterocycles. The van der Waals surface area contributed by atoms with Crippen LogP contribution in [0, 0.1) is 0 Å². The van der Waals surface area contributed by atoms with E-state index in [9.17, 15) is 0 Å². The summed E-state index contributed by atoms with van der Waals surface area (Å²) in [5, 5.41) is 3.18. The molecule has 70 valence electrons. The Labute approximate surface area is 76.0 Å². The second-order valence-electron chi connectivity index (χ2n) is 2.68. The maximum absolute atomic E-state index is 3.77. The predicted molar refractivity (Wildman–Crippen MR) is 55.1 cm³/mol. The minimum atomic E-state index is 0.905. The standard InChI is InChI=1S/C10H20N2/c1-5-10(4)11-8-9-12(6-2)7-3/h5,11H,1,4,6-9H2,2-3H3. The molecule has 0 fully saturated rings. The smallest absolute Gasteiger partial charge is 0.0274 e. The summed E-state index contributed by atoms with van der Waals surface area (Å²) in [4.78, 5) is 2.36. The average molecular weight is 168 g/mol. The first-order valence-electron chi connectivity index (χ1n) is 4.52. The Morgan fingerprint density at radius 2 is 2.00 bits per heavy atom. The summed E-state index contributed by atoms with van der Waals surface area (Å²) in [6.07, 6.45) is 1.74. The van der Waals surface area contributed by atoms with Crippen molar-refractivity contribution in [2.75, 3.05) is 26.2 Å². The highest BCUT2D eigenvalue weighted by atomic mass is 15.1. The van der Waals surface area contributed by atoms with Gasteiger partial charge in [-0.3, -0.25) is 0 Å². The average Bonchev–Trinajstić information content (AvgIpc) is 2.12. The third-order valence-electron chi connectivity index (χ3n) is 1.92. The van der Waals surface area contributed by atoms with Gasteiger partial charge in [-0.15, -0.1) is 0 Å². The second kappa shape index (κ2) is 6.92. The molecule has 0 heterocycles. The first-order valence-corrected chi connectivity index (χ1v) is 4.52. The molecular formula is C10H20N2. The van der Waals surface area contributed by atoms with E-state index in [1.165, 1.54) is 0 Å². The van der Waals surface area contributed by atoms with Crippen LogP contribution in [0.4, 0.5) is 0 Å². The van der Waals surface area contributed by atoms with Crippen LogP contribution in [0.3, 0.4) is 0 Å². The van der Waals surface area contributed by atoms with E-state index in [2.05, 4.69) is 37.2 Å². The van der Waals surface area contributed by atoms with Gasteiger partial charge in [0.25, 0.3) is 0 Å². The highest BCUT2D eigenvalue weighted by Gasteiger charge is 1.96. The van der Waals surface area contributed by atoms with Crippen LogP contribution in [0.25, 0.3) is 0 Å². The van der Waals surface area contributed by atoms with Crippen LogP contribution in [0.5, 0.6) is 0 Å². The lowest BCUT2D eigenvalue weighted by molar-refractivity contribution is 0.306. The van der Waals surface area contributed by atoms with Crippen molar-refractivity contribution in [3.05, 3.63) is 24.9 Å². The minimum Gasteiger partial charge on any atom is -0.384 e. The van der Waals surface area contributed by atoms with E-state index in [0.717, 1.165) is 31.9 Å². The van der Waals surface area contributed by atoms with Crippen molar-refractivity contribution in [1.29, 1.82) is 0 Å². The molecule has 0 amide bonds. The monoisotopic (exact) mass is 168 g/mol. The Morgan fingerprint density at radius 1 is 1.42 bits per heavy atom. The largest absolute Gasteiger partial charge is 0.384 e. The van der Waals surface area contributed by atoms with Gasteiger partial charge in [0.05, 0.1) is 0 Å². The van der Waals surface area contributed by atoms with Crippen molar-refractivity contribution in [1.82, 2.24) is 10.2 Å². The summed E-state index contributed by atoms with van der Waals surface area (Å²) >= 11 is 0. The molecule has 0 rings (SSSR count). The van der Waals surface area contributed by atoms with Crippen LogP contribution in [-0.4, -0.2) is 31.1 Å². The van der Waals surface area contributed by atoms with E-state index >= 15 is 0 Å². The number of rotatable bonds is 7. The third kappa shape index (κ3) is 4.97. The van der Waals surface area contributed by atoms with Gasteiger partial charge in [-0.1, -0.05) is 27.0 Å². The first kappa shape index (κ1) is 11.2. The Bertz CT molecular complexity index is 137. The summed E-state index contributed by atoms with van der Waals surface area (Å²) in [6.45, 7) is 16.0. The molecule has 2 nitrogen and oxygen atoms in total. The summed E-state index contributed by atoms with van der Waals surface area (Å²) < 4.78 is 0. The predicted octanol–water partition coefficient (Wildman–Crippen LogP) is 1.62. The molecule has 0 aromatic heterocycles. The Morgan fingerprint density at radius 3 is 2.42 bits per heavy atom. The SMILES string of the molecule is C=CC(=C)NCCN(CC)CC. The van der Waals surface area contributed by atoms with E-state index in [0.29, 0.717) is 0 Å². The van der Waals surface area contributed by atoms with E-state index in [1.54, 1.807) is 6.08 Å². The molecule has 0 spiro atoms. The van der Waals surface area contributed by atoms with Crippen LogP contribution >= 0.6 is 0 Å². The molecule has 0 bridgehead atoms. The summed E-state index contributed by atoms with van der Waals surface area (Å²) in [7, 11) is 0. The number of nitrogens with one attached hydrogen (secondary N) is 1. The molecule has 0 saturated carbocycles. The lowest BCUT2D eigenvalue weighted by atomic mass is 10.4. The molecule has 0 aromatic rings. The third-order valence-corrected chi connectivity index (χ3v) is 1.92. The summed E-state index contributed by atoms with van der Waals surface area (Å²) in [5.41, 5.74) is 0.905. The van der Waals surface area contributed by atoms with Crippen LogP contribution in [0.2, 0.25) is 0 Å². The van der Waals surface area contributed by atoms with Gasteiger partial charge in [-0.05, 0) is 19.2 Å². The van der Waals surface area contributed by atoms with Crippen molar-refractivity contribution in [2.24, 2.45) is 0 Å². The highest BCUT2D eigenvalue weighted by molar-refractivity contribution is 5.07. The number of allylic oxidation sites excluding steroid dienone is 1. The van der Waals surface area contributed by atoms with Gasteiger partial charge in [-0.25, -0.2) is 0 Å². The number of hydrogen-bond acceptors (Lipinski definition) is 2. The van der Waals surface area contributed by atoms with Gasteiger partial charge in [0.1, 0.15) is 0 Å². The van der Waals surface area contributed by atoms with Gasteiger partial charge < -0.3 is 10.2 Å². The molecule has 0 aliphatic rings. The number of hydrogen-bond donors (Lipinski definition) is 1. The van der Waals surface area contributed by atoms with Crippen LogP contribution < -0.4 is 5.32 Å². The molecule has 0 aromatic carbocycles. The minimum absolute atomic E-state index is 0.905. The van der Waals surface area contributed by atoms with Gasteiger partial charge in [-0.2, -0.15) is 0 Å². The van der Waals surface area contributed by atoms with E-state index in [1.807, 2.05) is 0 Å². The summed E-state index contributed by atoms with van der Waals surface area (Å²) in [6, 6.07) is 0. The van der Waals surface area contributed by atoms with E-state index in [4.69, 9.17) is 0 Å². The fourth-order valence-electron chi connectivity index (χ4n) is 0.987. The lowest BCUT2D eigenvalue weighted by Crippen LogP contribution is -2.31.